The summed E-state index contributed by atoms with van der Waals surface area (Å²) in [5, 5.41) is 18.9. The summed E-state index contributed by atoms with van der Waals surface area (Å²) >= 11 is 0. The molecule has 0 spiro atoms. The van der Waals surface area contributed by atoms with Crippen LogP contribution in [0, 0.1) is 0 Å². The van der Waals surface area contributed by atoms with Gasteiger partial charge in [-0.25, -0.2) is 4.79 Å². The molecule has 2 N–H and O–H groups in total. The van der Waals surface area contributed by atoms with Gasteiger partial charge in [0, 0.05) is 0 Å². The molecule has 116 valence electrons. The zero-order valence-electron chi connectivity index (χ0n) is 12.8. The van der Waals surface area contributed by atoms with Gasteiger partial charge in [-0.2, -0.15) is 0 Å². The molecule has 1 heterocycles. The van der Waals surface area contributed by atoms with Gasteiger partial charge < -0.3 is 19.7 Å². The Labute approximate surface area is 120 Å². The summed E-state index contributed by atoms with van der Waals surface area (Å²) in [6.45, 7) is 8.90. The molecule has 20 heavy (non-hydrogen) atoms. The fourth-order valence-corrected chi connectivity index (χ4v) is 2.08. The predicted octanol–water partition coefficient (Wildman–Crippen LogP) is 1.27. The van der Waals surface area contributed by atoms with Gasteiger partial charge in [0.2, 0.25) is 0 Å². The van der Waals surface area contributed by atoms with Crippen molar-refractivity contribution >= 4 is 6.09 Å². The second-order valence-electron chi connectivity index (χ2n) is 6.28. The average Bonchev–Trinajstić information content (AvgIpc) is 2.59. The van der Waals surface area contributed by atoms with Crippen LogP contribution in [-0.2, 0) is 9.47 Å². The van der Waals surface area contributed by atoms with Gasteiger partial charge in [-0.3, -0.25) is 4.90 Å². The van der Waals surface area contributed by atoms with E-state index in [2.05, 4.69) is 0 Å². The molecule has 0 radical (unpaired) electrons. The Balaban J connectivity index is 2.90. The average molecular weight is 287 g/mol. The van der Waals surface area contributed by atoms with Crippen molar-refractivity contribution in [2.24, 2.45) is 0 Å². The van der Waals surface area contributed by atoms with Gasteiger partial charge in [0.05, 0.1) is 25.4 Å². The van der Waals surface area contributed by atoms with Gasteiger partial charge >= 0.3 is 6.09 Å². The molecule has 0 bridgehead atoms. The molecule has 0 aromatic rings. The van der Waals surface area contributed by atoms with E-state index >= 15 is 0 Å². The van der Waals surface area contributed by atoms with Crippen molar-refractivity contribution in [1.82, 2.24) is 4.90 Å². The van der Waals surface area contributed by atoms with Gasteiger partial charge in [0.15, 0.2) is 0 Å². The molecule has 0 unspecified atom stereocenters. The standard InChI is InChI=1S/C14H25NO5/c1-13(2,3)20-12(18)15-10(9-19-14(15,4)5)11(17)7-6-8-16/h6-7,10-11,16-17H,8-9H2,1-5H3/b7-6-/t10-,11+/m0/s1. The molecule has 1 fully saturated rings. The third-order valence-corrected chi connectivity index (χ3v) is 2.94. The van der Waals surface area contributed by atoms with Crippen molar-refractivity contribution in [3.63, 3.8) is 0 Å². The molecule has 2 atom stereocenters. The van der Waals surface area contributed by atoms with Gasteiger partial charge in [0.1, 0.15) is 11.3 Å². The van der Waals surface area contributed by atoms with Crippen LogP contribution in [0.4, 0.5) is 4.79 Å². The van der Waals surface area contributed by atoms with E-state index in [1.165, 1.54) is 17.1 Å². The van der Waals surface area contributed by atoms with E-state index in [0.29, 0.717) is 0 Å². The van der Waals surface area contributed by atoms with E-state index < -0.39 is 29.6 Å². The Hall–Kier alpha value is -1.11. The highest BCUT2D eigenvalue weighted by Crippen LogP contribution is 2.31. The highest BCUT2D eigenvalue weighted by atomic mass is 16.6. The van der Waals surface area contributed by atoms with Crippen molar-refractivity contribution in [1.29, 1.82) is 0 Å². The molecule has 1 aliphatic rings. The second kappa shape index (κ2) is 6.11. The smallest absolute Gasteiger partial charge is 0.413 e. The molecular weight excluding hydrogens is 262 g/mol. The van der Waals surface area contributed by atoms with Crippen LogP contribution < -0.4 is 0 Å². The first-order valence-electron chi connectivity index (χ1n) is 6.70. The molecule has 0 saturated carbocycles. The fourth-order valence-electron chi connectivity index (χ4n) is 2.08. The van der Waals surface area contributed by atoms with Gasteiger partial charge in [-0.15, -0.1) is 0 Å². The number of rotatable bonds is 3. The summed E-state index contributed by atoms with van der Waals surface area (Å²) in [4.78, 5) is 13.7. The van der Waals surface area contributed by atoms with Crippen LogP contribution in [0.2, 0.25) is 0 Å². The van der Waals surface area contributed by atoms with Crippen LogP contribution in [0.25, 0.3) is 0 Å². The number of carbonyl (C=O) groups excluding carboxylic acids is 1. The first-order chi connectivity index (χ1) is 9.08. The van der Waals surface area contributed by atoms with Gasteiger partial charge in [-0.05, 0) is 34.6 Å². The van der Waals surface area contributed by atoms with Crippen LogP contribution >= 0.6 is 0 Å². The SMILES string of the molecule is CC(C)(C)OC(=O)N1[C@H]([C@H](O)/C=C\CO)COC1(C)C. The minimum Gasteiger partial charge on any atom is -0.444 e. The highest BCUT2D eigenvalue weighted by Gasteiger charge is 2.47. The maximum atomic E-state index is 12.3. The summed E-state index contributed by atoms with van der Waals surface area (Å²) in [5.41, 5.74) is -1.47. The van der Waals surface area contributed by atoms with Gasteiger partial charge in [-0.1, -0.05) is 12.2 Å². The lowest BCUT2D eigenvalue weighted by molar-refractivity contribution is -0.0660. The maximum Gasteiger partial charge on any atom is 0.413 e. The Morgan fingerprint density at radius 3 is 2.65 bits per heavy atom. The lowest BCUT2D eigenvalue weighted by Gasteiger charge is -2.36. The van der Waals surface area contributed by atoms with Crippen LogP contribution in [0.1, 0.15) is 34.6 Å². The number of aliphatic hydroxyl groups excluding tert-OH is 2. The minimum absolute atomic E-state index is 0.166. The quantitative estimate of drug-likeness (QED) is 0.764. The Morgan fingerprint density at radius 2 is 2.15 bits per heavy atom. The van der Waals surface area contributed by atoms with Crippen LogP contribution in [-0.4, -0.2) is 57.9 Å². The predicted molar refractivity (Wildman–Crippen MR) is 74.1 cm³/mol. The highest BCUT2D eigenvalue weighted by molar-refractivity contribution is 5.70. The molecule has 1 saturated heterocycles. The Morgan fingerprint density at radius 1 is 1.55 bits per heavy atom. The molecular formula is C14H25NO5. The molecule has 0 aliphatic carbocycles. The molecule has 0 aromatic heterocycles. The zero-order valence-corrected chi connectivity index (χ0v) is 12.8. The number of nitrogens with zero attached hydrogens (tertiary/aromatic N) is 1. The molecule has 6 heteroatoms. The van der Waals surface area contributed by atoms with E-state index in [9.17, 15) is 9.90 Å². The third kappa shape index (κ3) is 4.19. The zero-order chi connectivity index (χ0) is 15.6. The van der Waals surface area contributed by atoms with E-state index in [-0.39, 0.29) is 13.2 Å². The molecule has 1 amide bonds. The van der Waals surface area contributed by atoms with Crippen molar-refractivity contribution < 1.29 is 24.5 Å². The van der Waals surface area contributed by atoms with E-state index in [1.54, 1.807) is 34.6 Å². The minimum atomic E-state index is -0.920. The number of amides is 1. The number of hydrogen-bond donors (Lipinski definition) is 2. The van der Waals surface area contributed by atoms with E-state index in [0.717, 1.165) is 0 Å². The normalized spacial score (nSPS) is 24.1. The molecule has 6 nitrogen and oxygen atoms in total. The molecule has 1 rings (SSSR count). The maximum absolute atomic E-state index is 12.3. The summed E-state index contributed by atoms with van der Waals surface area (Å²) in [6.07, 6.45) is 1.44. The van der Waals surface area contributed by atoms with Crippen LogP contribution in [0.15, 0.2) is 12.2 Å². The first kappa shape index (κ1) is 16.9. The summed E-state index contributed by atoms with van der Waals surface area (Å²) in [6, 6.07) is -0.539. The fraction of sp³-hybridized carbons (Fsp3) is 0.786. The third-order valence-electron chi connectivity index (χ3n) is 2.94. The molecule has 0 aromatic carbocycles. The van der Waals surface area contributed by atoms with Crippen LogP contribution in [0.3, 0.4) is 0 Å². The summed E-state index contributed by atoms with van der Waals surface area (Å²) < 4.78 is 10.9. The largest absolute Gasteiger partial charge is 0.444 e. The van der Waals surface area contributed by atoms with Crippen molar-refractivity contribution in [3.8, 4) is 0 Å². The summed E-state index contributed by atoms with van der Waals surface area (Å²) in [5.74, 6) is 0. The molecule has 1 aliphatic heterocycles. The lowest BCUT2D eigenvalue weighted by Crippen LogP contribution is -2.53. The van der Waals surface area contributed by atoms with Crippen molar-refractivity contribution in [3.05, 3.63) is 12.2 Å². The first-order valence-corrected chi connectivity index (χ1v) is 6.70. The van der Waals surface area contributed by atoms with Crippen molar-refractivity contribution in [2.45, 2.75) is 58.1 Å². The number of carbonyl (C=O) groups is 1. The number of hydrogen-bond acceptors (Lipinski definition) is 5. The topological polar surface area (TPSA) is 79.2 Å². The monoisotopic (exact) mass is 287 g/mol. The van der Waals surface area contributed by atoms with Gasteiger partial charge in [0.25, 0.3) is 0 Å². The van der Waals surface area contributed by atoms with Crippen molar-refractivity contribution in [2.75, 3.05) is 13.2 Å². The number of ether oxygens (including phenoxy) is 2. The second-order valence-corrected chi connectivity index (χ2v) is 6.28. The Bertz CT molecular complexity index is 372. The van der Waals surface area contributed by atoms with E-state index in [1.807, 2.05) is 0 Å². The van der Waals surface area contributed by atoms with Crippen LogP contribution in [0.5, 0.6) is 0 Å². The Kier molecular flexibility index (Phi) is 5.18. The number of aliphatic hydroxyl groups is 2. The summed E-state index contributed by atoms with van der Waals surface area (Å²) in [7, 11) is 0. The lowest BCUT2D eigenvalue weighted by atomic mass is 10.1. The van der Waals surface area contributed by atoms with E-state index in [4.69, 9.17) is 14.6 Å².